The standard InChI is InChI=1S/C22H23Cl2N3O3/c1-14(28)25-21-16-8-4-3-7-15(16)13-22(21,27(2)9-5-6-10-27)17-11-18(23)19(24)12-20(17)26(29)30/h3-4,7-8,11-12,21H,5-6,9-10,13H2,1-2H3/p+1/t21-,22+/m1/s1. The zero-order chi connectivity index (χ0) is 21.7. The molecule has 158 valence electrons. The second kappa shape index (κ2) is 7.52. The summed E-state index contributed by atoms with van der Waals surface area (Å²) in [5.74, 6) is -0.172. The number of amides is 1. The Bertz CT molecular complexity index is 1040. The largest absolute Gasteiger partial charge is 0.343 e. The average molecular weight is 449 g/mol. The van der Waals surface area contributed by atoms with Gasteiger partial charge in [-0.25, -0.2) is 0 Å². The molecule has 1 aliphatic carbocycles. The highest BCUT2D eigenvalue weighted by atomic mass is 35.5. The molecule has 1 heterocycles. The SMILES string of the molecule is CC(=O)N[C@@H]1c2ccccc2C[C@@]1(c1cc(Cl)c(Cl)cc1[N+](=O)[O-])[N+]1(C)CCCC1. The van der Waals surface area contributed by atoms with Crippen molar-refractivity contribution >= 4 is 34.8 Å². The fourth-order valence-corrected chi connectivity index (χ4v) is 5.86. The minimum absolute atomic E-state index is 0.0567. The Kier molecular flexibility index (Phi) is 5.29. The topological polar surface area (TPSA) is 72.2 Å². The predicted octanol–water partition coefficient (Wildman–Crippen LogP) is 4.77. The lowest BCUT2D eigenvalue weighted by Gasteiger charge is -2.50. The molecule has 0 saturated carbocycles. The number of hydrogen-bond acceptors (Lipinski definition) is 3. The molecule has 0 bridgehead atoms. The summed E-state index contributed by atoms with van der Waals surface area (Å²) in [5.41, 5.74) is 1.80. The van der Waals surface area contributed by atoms with Gasteiger partial charge in [0.2, 0.25) is 5.91 Å². The van der Waals surface area contributed by atoms with E-state index in [0.29, 0.717) is 16.5 Å². The van der Waals surface area contributed by atoms with E-state index in [0.717, 1.165) is 37.1 Å². The van der Waals surface area contributed by atoms with E-state index in [2.05, 4.69) is 12.4 Å². The molecule has 1 saturated heterocycles. The highest BCUT2D eigenvalue weighted by Gasteiger charge is 2.63. The van der Waals surface area contributed by atoms with Gasteiger partial charge in [0, 0.05) is 32.3 Å². The van der Waals surface area contributed by atoms with Crippen LogP contribution in [0.1, 0.15) is 42.5 Å². The van der Waals surface area contributed by atoms with Crippen LogP contribution in [0.2, 0.25) is 10.0 Å². The lowest BCUT2D eigenvalue weighted by Crippen LogP contribution is -2.63. The van der Waals surface area contributed by atoms with Crippen LogP contribution in [0.4, 0.5) is 5.69 Å². The van der Waals surface area contributed by atoms with E-state index in [1.165, 1.54) is 13.0 Å². The first-order valence-electron chi connectivity index (χ1n) is 10.0. The molecule has 1 N–H and O–H groups in total. The van der Waals surface area contributed by atoms with Crippen LogP contribution < -0.4 is 5.32 Å². The quantitative estimate of drug-likeness (QED) is 0.415. The van der Waals surface area contributed by atoms with Gasteiger partial charge in [-0.15, -0.1) is 0 Å². The Labute approximate surface area is 185 Å². The maximum Gasteiger partial charge on any atom is 0.280 e. The molecule has 4 rings (SSSR count). The molecule has 8 heteroatoms. The normalized spacial score (nSPS) is 24.5. The van der Waals surface area contributed by atoms with E-state index in [4.69, 9.17) is 23.2 Å². The van der Waals surface area contributed by atoms with E-state index < -0.39 is 16.5 Å². The van der Waals surface area contributed by atoms with Crippen molar-refractivity contribution in [1.29, 1.82) is 0 Å². The van der Waals surface area contributed by atoms with E-state index in [-0.39, 0.29) is 21.6 Å². The molecule has 0 radical (unpaired) electrons. The van der Waals surface area contributed by atoms with Crippen LogP contribution in [-0.4, -0.2) is 35.5 Å². The van der Waals surface area contributed by atoms with Crippen LogP contribution in [0.15, 0.2) is 36.4 Å². The number of nitrogens with one attached hydrogen (secondary N) is 1. The van der Waals surface area contributed by atoms with Crippen molar-refractivity contribution in [3.8, 4) is 0 Å². The Hall–Kier alpha value is -2.15. The van der Waals surface area contributed by atoms with Gasteiger partial charge in [-0.05, 0) is 17.2 Å². The van der Waals surface area contributed by atoms with Crippen LogP contribution in [0.3, 0.4) is 0 Å². The van der Waals surface area contributed by atoms with Crippen molar-refractivity contribution in [3.05, 3.63) is 73.2 Å². The summed E-state index contributed by atoms with van der Waals surface area (Å²) in [7, 11) is 2.14. The van der Waals surface area contributed by atoms with Crippen molar-refractivity contribution in [3.63, 3.8) is 0 Å². The van der Waals surface area contributed by atoms with Crippen molar-refractivity contribution in [2.24, 2.45) is 0 Å². The van der Waals surface area contributed by atoms with Crippen LogP contribution in [0, 0.1) is 10.1 Å². The molecular formula is C22H24Cl2N3O3+. The molecule has 0 unspecified atom stereocenters. The van der Waals surface area contributed by atoms with Gasteiger partial charge in [-0.3, -0.25) is 14.9 Å². The highest BCUT2D eigenvalue weighted by Crippen LogP contribution is 2.56. The molecule has 2 aliphatic rings. The van der Waals surface area contributed by atoms with Gasteiger partial charge in [0.25, 0.3) is 5.69 Å². The molecule has 0 aromatic heterocycles. The molecule has 6 nitrogen and oxygen atoms in total. The van der Waals surface area contributed by atoms with Gasteiger partial charge in [-0.1, -0.05) is 47.5 Å². The van der Waals surface area contributed by atoms with Crippen LogP contribution in [-0.2, 0) is 16.8 Å². The summed E-state index contributed by atoms with van der Waals surface area (Å²) in [6.07, 6.45) is 2.62. The number of carbonyl (C=O) groups is 1. The third-order valence-corrected chi connectivity index (χ3v) is 7.59. The number of likely N-dealkylation sites (N-methyl/N-ethyl adjacent to an activating group) is 1. The van der Waals surface area contributed by atoms with E-state index in [1.807, 2.05) is 24.3 Å². The summed E-state index contributed by atoms with van der Waals surface area (Å²) in [5, 5.41) is 15.7. The third kappa shape index (κ3) is 3.09. The van der Waals surface area contributed by atoms with E-state index in [1.54, 1.807) is 6.07 Å². The number of fused-ring (bicyclic) bond motifs is 1. The molecule has 2 aromatic rings. The number of hydrogen-bond donors (Lipinski definition) is 1. The summed E-state index contributed by atoms with van der Waals surface area (Å²) >= 11 is 12.6. The smallest absolute Gasteiger partial charge is 0.280 e. The zero-order valence-corrected chi connectivity index (χ0v) is 18.5. The molecule has 2 atom stereocenters. The number of nitro benzene ring substituents is 1. The first-order chi connectivity index (χ1) is 14.2. The van der Waals surface area contributed by atoms with Gasteiger partial charge in [0.05, 0.1) is 40.7 Å². The first-order valence-corrected chi connectivity index (χ1v) is 10.8. The summed E-state index contributed by atoms with van der Waals surface area (Å²) in [6.45, 7) is 3.21. The van der Waals surface area contributed by atoms with Gasteiger partial charge >= 0.3 is 0 Å². The average Bonchev–Trinajstić information content (AvgIpc) is 3.27. The number of likely N-dealkylation sites (tertiary alicyclic amines) is 1. The second-order valence-corrected chi connectivity index (χ2v) is 9.34. The Morgan fingerprint density at radius 2 is 1.83 bits per heavy atom. The summed E-state index contributed by atoms with van der Waals surface area (Å²) < 4.78 is 0.589. The predicted molar refractivity (Wildman–Crippen MR) is 117 cm³/mol. The van der Waals surface area contributed by atoms with Gasteiger partial charge in [0.15, 0.2) is 5.54 Å². The van der Waals surface area contributed by atoms with Gasteiger partial charge in [-0.2, -0.15) is 0 Å². The van der Waals surface area contributed by atoms with Crippen LogP contribution >= 0.6 is 23.2 Å². The Balaban J connectivity index is 2.07. The van der Waals surface area contributed by atoms with Gasteiger partial charge < -0.3 is 9.80 Å². The van der Waals surface area contributed by atoms with E-state index in [9.17, 15) is 14.9 Å². The Morgan fingerprint density at radius 3 is 2.47 bits per heavy atom. The van der Waals surface area contributed by atoms with Gasteiger partial charge in [0.1, 0.15) is 6.04 Å². The number of nitrogens with zero attached hydrogens (tertiary/aromatic N) is 2. The molecule has 2 aromatic carbocycles. The monoisotopic (exact) mass is 448 g/mol. The number of carbonyl (C=O) groups excluding carboxylic acids is 1. The lowest BCUT2D eigenvalue weighted by molar-refractivity contribution is -0.958. The number of quaternary nitrogens is 1. The molecule has 1 fully saturated rings. The third-order valence-electron chi connectivity index (χ3n) is 6.87. The van der Waals surface area contributed by atoms with Crippen molar-refractivity contribution < 1.29 is 14.2 Å². The van der Waals surface area contributed by atoms with Crippen LogP contribution in [0.5, 0.6) is 0 Å². The number of nitro groups is 1. The molecule has 30 heavy (non-hydrogen) atoms. The molecule has 0 spiro atoms. The van der Waals surface area contributed by atoms with E-state index >= 15 is 0 Å². The minimum atomic E-state index is -0.761. The highest BCUT2D eigenvalue weighted by molar-refractivity contribution is 6.42. The summed E-state index contributed by atoms with van der Waals surface area (Å²) in [4.78, 5) is 24.0. The number of halogens is 2. The molecular weight excluding hydrogens is 425 g/mol. The maximum absolute atomic E-state index is 12.3. The number of benzene rings is 2. The van der Waals surface area contributed by atoms with Crippen molar-refractivity contribution in [2.75, 3.05) is 20.1 Å². The molecule has 1 amide bonds. The van der Waals surface area contributed by atoms with Crippen molar-refractivity contribution in [1.82, 2.24) is 5.32 Å². The zero-order valence-electron chi connectivity index (χ0n) is 17.0. The summed E-state index contributed by atoms with van der Waals surface area (Å²) in [6, 6.07) is 10.5. The fourth-order valence-electron chi connectivity index (χ4n) is 5.54. The lowest BCUT2D eigenvalue weighted by atomic mass is 9.78. The Morgan fingerprint density at radius 1 is 1.20 bits per heavy atom. The molecule has 1 aliphatic heterocycles. The second-order valence-electron chi connectivity index (χ2n) is 8.52. The fraction of sp³-hybridized carbons (Fsp3) is 0.409. The van der Waals surface area contributed by atoms with Crippen LogP contribution in [0.25, 0.3) is 0 Å². The first kappa shape index (κ1) is 21.1. The maximum atomic E-state index is 12.3. The minimum Gasteiger partial charge on any atom is -0.343 e. The number of rotatable bonds is 4. The van der Waals surface area contributed by atoms with Crippen molar-refractivity contribution in [2.45, 2.75) is 37.8 Å².